The number of halogens is 6. The van der Waals surface area contributed by atoms with Gasteiger partial charge in [0.1, 0.15) is 11.5 Å². The molecule has 0 aliphatic rings. The molecule has 28 heavy (non-hydrogen) atoms. The highest BCUT2D eigenvalue weighted by Crippen LogP contribution is 2.38. The van der Waals surface area contributed by atoms with E-state index in [1.54, 1.807) is 19.1 Å². The van der Waals surface area contributed by atoms with Gasteiger partial charge < -0.3 is 14.8 Å². The highest BCUT2D eigenvalue weighted by molar-refractivity contribution is 5.91. The summed E-state index contributed by atoms with van der Waals surface area (Å²) in [4.78, 5) is 11.8. The van der Waals surface area contributed by atoms with Crippen LogP contribution in [0.1, 0.15) is 18.1 Å². The summed E-state index contributed by atoms with van der Waals surface area (Å²) < 4.78 is 86.8. The molecular weight excluding hydrogens is 392 g/mol. The number of ether oxygens (including phenoxy) is 2. The summed E-state index contributed by atoms with van der Waals surface area (Å²) in [6.45, 7) is 1.48. The maximum atomic E-state index is 12.8. The Bertz CT molecular complexity index is 783. The fourth-order valence-corrected chi connectivity index (χ4v) is 2.16. The van der Waals surface area contributed by atoms with Crippen LogP contribution in [0.4, 0.5) is 32.0 Å². The van der Waals surface area contributed by atoms with Gasteiger partial charge in [-0.05, 0) is 49.4 Å². The average Bonchev–Trinajstić information content (AvgIpc) is 2.60. The molecule has 0 atom stereocenters. The third-order valence-corrected chi connectivity index (χ3v) is 3.38. The van der Waals surface area contributed by atoms with E-state index in [0.29, 0.717) is 30.2 Å². The Morgan fingerprint density at radius 1 is 0.857 bits per heavy atom. The molecule has 2 aromatic rings. The van der Waals surface area contributed by atoms with Crippen molar-refractivity contribution < 1.29 is 40.6 Å². The van der Waals surface area contributed by atoms with E-state index in [0.717, 1.165) is 0 Å². The van der Waals surface area contributed by atoms with E-state index in [2.05, 4.69) is 5.32 Å². The van der Waals surface area contributed by atoms with E-state index in [4.69, 9.17) is 9.47 Å². The van der Waals surface area contributed by atoms with E-state index in [1.807, 2.05) is 0 Å². The molecule has 1 N–H and O–H groups in total. The van der Waals surface area contributed by atoms with Crippen LogP contribution in [0.2, 0.25) is 0 Å². The Kier molecular flexibility index (Phi) is 6.42. The van der Waals surface area contributed by atoms with Gasteiger partial charge in [-0.2, -0.15) is 26.3 Å². The maximum Gasteiger partial charge on any atom is 0.416 e. The van der Waals surface area contributed by atoms with Crippen molar-refractivity contribution in [3.05, 3.63) is 53.6 Å². The van der Waals surface area contributed by atoms with Crippen LogP contribution in [0.25, 0.3) is 0 Å². The van der Waals surface area contributed by atoms with Crippen molar-refractivity contribution in [2.45, 2.75) is 19.3 Å². The van der Waals surface area contributed by atoms with Crippen molar-refractivity contribution in [3.63, 3.8) is 0 Å². The van der Waals surface area contributed by atoms with Crippen LogP contribution in [0.15, 0.2) is 42.5 Å². The van der Waals surface area contributed by atoms with Gasteiger partial charge in [0.05, 0.1) is 17.7 Å². The SMILES string of the molecule is CCOc1ccc(NC(=O)COc2cc(C(F)(F)F)cc(C(F)(F)F)c2)cc1. The highest BCUT2D eigenvalue weighted by Gasteiger charge is 2.37. The van der Waals surface area contributed by atoms with Crippen molar-refractivity contribution in [2.24, 2.45) is 0 Å². The first kappa shape index (κ1) is 21.4. The van der Waals surface area contributed by atoms with E-state index >= 15 is 0 Å². The van der Waals surface area contributed by atoms with Crippen LogP contribution in [-0.2, 0) is 17.1 Å². The summed E-state index contributed by atoms with van der Waals surface area (Å²) >= 11 is 0. The minimum atomic E-state index is -5.00. The molecule has 0 saturated carbocycles. The Balaban J connectivity index is 2.07. The molecule has 10 heteroatoms. The van der Waals surface area contributed by atoms with Gasteiger partial charge >= 0.3 is 12.4 Å². The lowest BCUT2D eigenvalue weighted by molar-refractivity contribution is -0.143. The van der Waals surface area contributed by atoms with E-state index in [1.165, 1.54) is 12.1 Å². The fourth-order valence-electron chi connectivity index (χ4n) is 2.16. The van der Waals surface area contributed by atoms with Gasteiger partial charge in [-0.1, -0.05) is 0 Å². The number of benzene rings is 2. The molecule has 0 aliphatic heterocycles. The van der Waals surface area contributed by atoms with E-state index in [-0.39, 0.29) is 6.07 Å². The zero-order valence-electron chi connectivity index (χ0n) is 14.4. The molecular formula is C18H15F6NO3. The number of hydrogen-bond donors (Lipinski definition) is 1. The van der Waals surface area contributed by atoms with E-state index < -0.39 is 41.7 Å². The second kappa shape index (κ2) is 8.41. The molecule has 152 valence electrons. The summed E-state index contributed by atoms with van der Waals surface area (Å²) in [5, 5.41) is 2.41. The predicted molar refractivity (Wildman–Crippen MR) is 88.2 cm³/mol. The normalized spacial score (nSPS) is 11.8. The molecule has 0 aromatic heterocycles. The Morgan fingerprint density at radius 3 is 1.86 bits per heavy atom. The number of alkyl halides is 6. The molecule has 1 amide bonds. The first-order valence-corrected chi connectivity index (χ1v) is 7.94. The lowest BCUT2D eigenvalue weighted by atomic mass is 10.1. The van der Waals surface area contributed by atoms with Crippen LogP contribution < -0.4 is 14.8 Å². The lowest BCUT2D eigenvalue weighted by Crippen LogP contribution is -2.20. The van der Waals surface area contributed by atoms with Gasteiger partial charge in [0, 0.05) is 5.69 Å². The van der Waals surface area contributed by atoms with Crippen LogP contribution in [-0.4, -0.2) is 19.1 Å². The standard InChI is InChI=1S/C18H15F6NO3/c1-2-27-14-5-3-13(4-6-14)25-16(26)10-28-15-8-11(17(19,20)21)7-12(9-15)18(22,23)24/h3-9H,2,10H2,1H3,(H,25,26). The van der Waals surface area contributed by atoms with Gasteiger partial charge in [0.15, 0.2) is 6.61 Å². The van der Waals surface area contributed by atoms with E-state index in [9.17, 15) is 31.1 Å². The summed E-state index contributed by atoms with van der Waals surface area (Å²) in [5.41, 5.74) is -2.69. The smallest absolute Gasteiger partial charge is 0.416 e. The van der Waals surface area contributed by atoms with Crippen LogP contribution in [0.3, 0.4) is 0 Å². The topological polar surface area (TPSA) is 47.6 Å². The first-order valence-electron chi connectivity index (χ1n) is 7.94. The number of carbonyl (C=O) groups excluding carboxylic acids is 1. The Morgan fingerprint density at radius 2 is 1.39 bits per heavy atom. The number of nitrogens with one attached hydrogen (secondary N) is 1. The van der Waals surface area contributed by atoms with Crippen molar-refractivity contribution in [3.8, 4) is 11.5 Å². The summed E-state index contributed by atoms with van der Waals surface area (Å²) in [5.74, 6) is -0.903. The predicted octanol–water partition coefficient (Wildman–Crippen LogP) is 5.14. The average molecular weight is 407 g/mol. The second-order valence-corrected chi connectivity index (χ2v) is 5.54. The number of amides is 1. The quantitative estimate of drug-likeness (QED) is 0.675. The minimum absolute atomic E-state index is 0.0210. The molecule has 0 fully saturated rings. The number of hydrogen-bond acceptors (Lipinski definition) is 3. The minimum Gasteiger partial charge on any atom is -0.494 e. The lowest BCUT2D eigenvalue weighted by Gasteiger charge is -2.15. The molecule has 0 radical (unpaired) electrons. The molecule has 4 nitrogen and oxygen atoms in total. The fraction of sp³-hybridized carbons (Fsp3) is 0.278. The number of carbonyl (C=O) groups is 1. The molecule has 2 aromatic carbocycles. The number of anilines is 1. The molecule has 0 saturated heterocycles. The summed E-state index contributed by atoms with van der Waals surface area (Å²) in [6.07, 6.45) is -9.99. The maximum absolute atomic E-state index is 12.8. The van der Waals surface area contributed by atoms with Gasteiger partial charge in [-0.3, -0.25) is 4.79 Å². The van der Waals surface area contributed by atoms with Gasteiger partial charge in [-0.25, -0.2) is 0 Å². The molecule has 2 rings (SSSR count). The van der Waals surface area contributed by atoms with Crippen LogP contribution in [0, 0.1) is 0 Å². The zero-order chi connectivity index (χ0) is 20.9. The second-order valence-electron chi connectivity index (χ2n) is 5.54. The first-order chi connectivity index (χ1) is 13.0. The van der Waals surface area contributed by atoms with Crippen molar-refractivity contribution in [1.82, 2.24) is 0 Å². The largest absolute Gasteiger partial charge is 0.494 e. The third-order valence-electron chi connectivity index (χ3n) is 3.38. The van der Waals surface area contributed by atoms with Crippen molar-refractivity contribution in [1.29, 1.82) is 0 Å². The number of rotatable bonds is 6. The molecule has 0 bridgehead atoms. The van der Waals surface area contributed by atoms with Gasteiger partial charge in [-0.15, -0.1) is 0 Å². The third kappa shape index (κ3) is 6.07. The van der Waals surface area contributed by atoms with Crippen molar-refractivity contribution in [2.75, 3.05) is 18.5 Å². The summed E-state index contributed by atoms with van der Waals surface area (Å²) in [6, 6.07) is 7.00. The zero-order valence-corrected chi connectivity index (χ0v) is 14.4. The van der Waals surface area contributed by atoms with Gasteiger partial charge in [0.25, 0.3) is 5.91 Å². The van der Waals surface area contributed by atoms with Crippen molar-refractivity contribution >= 4 is 11.6 Å². The molecule has 0 unspecified atom stereocenters. The Labute approximate surface area is 156 Å². The monoisotopic (exact) mass is 407 g/mol. The van der Waals surface area contributed by atoms with Gasteiger partial charge in [0.2, 0.25) is 0 Å². The molecule has 0 aliphatic carbocycles. The van der Waals surface area contributed by atoms with Crippen LogP contribution >= 0.6 is 0 Å². The summed E-state index contributed by atoms with van der Waals surface area (Å²) in [7, 11) is 0. The Hall–Kier alpha value is -2.91. The highest BCUT2D eigenvalue weighted by atomic mass is 19.4. The molecule has 0 heterocycles. The van der Waals surface area contributed by atoms with Crippen LogP contribution in [0.5, 0.6) is 11.5 Å². The molecule has 0 spiro atoms.